The first-order valence-corrected chi connectivity index (χ1v) is 6.48. The number of nitrogens with zero attached hydrogens (tertiary/aromatic N) is 1. The van der Waals surface area contributed by atoms with Gasteiger partial charge in [-0.2, -0.15) is 0 Å². The Morgan fingerprint density at radius 3 is 2.60 bits per heavy atom. The van der Waals surface area contributed by atoms with Crippen molar-refractivity contribution in [1.29, 1.82) is 0 Å². The number of aliphatic hydroxyl groups excluding tert-OH is 4. The Labute approximate surface area is 118 Å². The van der Waals surface area contributed by atoms with Crippen molar-refractivity contribution in [3.8, 4) is 0 Å². The van der Waals surface area contributed by atoms with Crippen molar-refractivity contribution in [2.45, 2.75) is 31.0 Å². The first-order valence-electron chi connectivity index (χ1n) is 6.07. The van der Waals surface area contributed by atoms with Gasteiger partial charge < -0.3 is 25.2 Å². The molecule has 0 radical (unpaired) electrons. The Morgan fingerprint density at radius 1 is 1.35 bits per heavy atom. The first-order chi connectivity index (χ1) is 9.49. The maximum Gasteiger partial charge on any atom is 0.254 e. The minimum Gasteiger partial charge on any atom is -0.396 e. The molecule has 20 heavy (non-hydrogen) atoms. The highest BCUT2D eigenvalue weighted by molar-refractivity contribution is 7.71. The molecule has 112 valence electrons. The van der Waals surface area contributed by atoms with E-state index in [9.17, 15) is 15.0 Å². The average molecular weight is 304 g/mol. The maximum absolute atomic E-state index is 11.6. The second-order valence-corrected chi connectivity index (χ2v) is 4.91. The first kappa shape index (κ1) is 15.3. The molecule has 5 N–H and O–H groups in total. The number of aromatic amines is 1. The van der Waals surface area contributed by atoms with E-state index in [1.807, 2.05) is 0 Å². The van der Waals surface area contributed by atoms with E-state index < -0.39 is 36.7 Å². The normalized spacial score (nSPS) is 29.8. The molecule has 1 aliphatic rings. The highest BCUT2D eigenvalue weighted by Gasteiger charge is 2.43. The number of nitrogens with one attached hydrogen (secondary N) is 1. The molecule has 2 rings (SSSR count). The molecule has 2 heterocycles. The van der Waals surface area contributed by atoms with Crippen molar-refractivity contribution in [1.82, 2.24) is 9.55 Å². The van der Waals surface area contributed by atoms with Crippen LogP contribution in [0.25, 0.3) is 0 Å². The number of hydrogen-bond acceptors (Lipinski definition) is 7. The molecule has 1 fully saturated rings. The van der Waals surface area contributed by atoms with Crippen molar-refractivity contribution in [2.24, 2.45) is 0 Å². The molecule has 0 unspecified atom stereocenters. The summed E-state index contributed by atoms with van der Waals surface area (Å²) in [6, 6.07) is 0. The van der Waals surface area contributed by atoms with Crippen LogP contribution in [-0.2, 0) is 11.2 Å². The number of aliphatic hydroxyl groups is 4. The molecule has 0 saturated carbocycles. The molecule has 1 saturated heterocycles. The van der Waals surface area contributed by atoms with E-state index in [0.717, 1.165) is 0 Å². The van der Waals surface area contributed by atoms with Gasteiger partial charge in [0.15, 0.2) is 11.0 Å². The van der Waals surface area contributed by atoms with Gasteiger partial charge in [-0.3, -0.25) is 14.3 Å². The summed E-state index contributed by atoms with van der Waals surface area (Å²) in [5.74, 6) is 0. The summed E-state index contributed by atoms with van der Waals surface area (Å²) >= 11 is 5.00. The van der Waals surface area contributed by atoms with Crippen molar-refractivity contribution < 1.29 is 25.2 Å². The molecule has 0 aliphatic carbocycles. The van der Waals surface area contributed by atoms with Gasteiger partial charge in [0.1, 0.15) is 18.3 Å². The minimum absolute atomic E-state index is 0.0199. The third-order valence-electron chi connectivity index (χ3n) is 3.21. The zero-order valence-corrected chi connectivity index (χ0v) is 11.3. The fraction of sp³-hybridized carbons (Fsp3) is 0.636. The van der Waals surface area contributed by atoms with Crippen LogP contribution in [0, 0.1) is 4.77 Å². The summed E-state index contributed by atoms with van der Waals surface area (Å²) in [5, 5.41) is 37.6. The predicted octanol–water partition coefficient (Wildman–Crippen LogP) is -1.95. The summed E-state index contributed by atoms with van der Waals surface area (Å²) < 4.78 is 6.65. The minimum atomic E-state index is -1.29. The molecule has 9 heteroatoms. The van der Waals surface area contributed by atoms with Gasteiger partial charge in [-0.25, -0.2) is 0 Å². The number of ether oxygens (including phenoxy) is 1. The largest absolute Gasteiger partial charge is 0.396 e. The van der Waals surface area contributed by atoms with Crippen LogP contribution in [0.3, 0.4) is 0 Å². The molecule has 0 aromatic carbocycles. The standard InChI is InChI=1S/C11H16N2O6S/c14-2-1-5-3-13(11(20)12-9(5)18)10-8(17)7(16)6(4-15)19-10/h3,6-8,10,14-17H,1-2,4H2,(H,12,18,20)/t6-,7-,8-,10-/m1/s1. The summed E-state index contributed by atoms with van der Waals surface area (Å²) in [6.07, 6.45) is -2.97. The van der Waals surface area contributed by atoms with Gasteiger partial charge in [0.25, 0.3) is 5.56 Å². The van der Waals surface area contributed by atoms with Crippen LogP contribution >= 0.6 is 12.2 Å². The molecule has 0 spiro atoms. The topological polar surface area (TPSA) is 128 Å². The number of H-pyrrole nitrogens is 1. The van der Waals surface area contributed by atoms with E-state index >= 15 is 0 Å². The Bertz CT molecular complexity index is 585. The van der Waals surface area contributed by atoms with Crippen molar-refractivity contribution in [3.05, 3.63) is 26.9 Å². The Kier molecular flexibility index (Phi) is 4.68. The molecule has 0 amide bonds. The van der Waals surface area contributed by atoms with Crippen LogP contribution in [-0.4, -0.2) is 61.5 Å². The zero-order valence-electron chi connectivity index (χ0n) is 10.5. The number of aromatic nitrogens is 2. The fourth-order valence-corrected chi connectivity index (χ4v) is 2.37. The van der Waals surface area contributed by atoms with Crippen LogP contribution < -0.4 is 5.56 Å². The zero-order chi connectivity index (χ0) is 14.9. The Morgan fingerprint density at radius 2 is 2.05 bits per heavy atom. The van der Waals surface area contributed by atoms with Gasteiger partial charge in [0.05, 0.1) is 6.61 Å². The van der Waals surface area contributed by atoms with Gasteiger partial charge in [0.2, 0.25) is 0 Å². The summed E-state index contributed by atoms with van der Waals surface area (Å²) in [6.45, 7) is -0.662. The maximum atomic E-state index is 11.6. The van der Waals surface area contributed by atoms with Crippen molar-refractivity contribution in [2.75, 3.05) is 13.2 Å². The molecule has 1 aromatic heterocycles. The van der Waals surface area contributed by atoms with Crippen molar-refractivity contribution >= 4 is 12.2 Å². The highest BCUT2D eigenvalue weighted by atomic mass is 32.1. The lowest BCUT2D eigenvalue weighted by Gasteiger charge is -2.19. The van der Waals surface area contributed by atoms with Gasteiger partial charge >= 0.3 is 0 Å². The quantitative estimate of drug-likeness (QED) is 0.409. The molecule has 1 aromatic rings. The van der Waals surface area contributed by atoms with E-state index in [4.69, 9.17) is 27.2 Å². The molecule has 4 atom stereocenters. The Hall–Kier alpha value is -1.10. The summed E-state index contributed by atoms with van der Waals surface area (Å²) in [5.41, 5.74) is -0.147. The summed E-state index contributed by atoms with van der Waals surface area (Å²) in [4.78, 5) is 14.0. The third kappa shape index (κ3) is 2.68. The van der Waals surface area contributed by atoms with E-state index in [-0.39, 0.29) is 23.4 Å². The molecule has 8 nitrogen and oxygen atoms in total. The van der Waals surface area contributed by atoms with Gasteiger partial charge in [-0.05, 0) is 12.2 Å². The van der Waals surface area contributed by atoms with E-state index in [1.54, 1.807) is 0 Å². The fourth-order valence-electron chi connectivity index (χ4n) is 2.12. The van der Waals surface area contributed by atoms with Gasteiger partial charge in [0, 0.05) is 24.8 Å². The van der Waals surface area contributed by atoms with Gasteiger partial charge in [-0.1, -0.05) is 0 Å². The third-order valence-corrected chi connectivity index (χ3v) is 3.53. The van der Waals surface area contributed by atoms with Crippen molar-refractivity contribution in [3.63, 3.8) is 0 Å². The van der Waals surface area contributed by atoms with Crippen LogP contribution in [0.15, 0.2) is 11.0 Å². The summed E-state index contributed by atoms with van der Waals surface area (Å²) in [7, 11) is 0. The monoisotopic (exact) mass is 304 g/mol. The van der Waals surface area contributed by atoms with E-state index in [2.05, 4.69) is 4.98 Å². The Balaban J connectivity index is 2.40. The van der Waals surface area contributed by atoms with Crippen LogP contribution in [0.2, 0.25) is 0 Å². The second-order valence-electron chi connectivity index (χ2n) is 4.52. The molecule has 0 bridgehead atoms. The lowest BCUT2D eigenvalue weighted by molar-refractivity contribution is -0.0542. The van der Waals surface area contributed by atoms with Gasteiger partial charge in [-0.15, -0.1) is 0 Å². The second kappa shape index (κ2) is 6.12. The molecular weight excluding hydrogens is 288 g/mol. The molecular formula is C11H16N2O6S. The number of rotatable bonds is 4. The average Bonchev–Trinajstić information content (AvgIpc) is 2.70. The van der Waals surface area contributed by atoms with Crippen LogP contribution in [0.1, 0.15) is 11.8 Å². The predicted molar refractivity (Wildman–Crippen MR) is 69.7 cm³/mol. The molecule has 1 aliphatic heterocycles. The van der Waals surface area contributed by atoms with Crippen LogP contribution in [0.5, 0.6) is 0 Å². The van der Waals surface area contributed by atoms with E-state index in [0.29, 0.717) is 0 Å². The van der Waals surface area contributed by atoms with E-state index in [1.165, 1.54) is 10.8 Å². The highest BCUT2D eigenvalue weighted by Crippen LogP contribution is 2.29. The lowest BCUT2D eigenvalue weighted by Crippen LogP contribution is -2.33. The lowest BCUT2D eigenvalue weighted by atomic mass is 10.1. The number of hydrogen-bond donors (Lipinski definition) is 5. The SMILES string of the molecule is O=c1[nH]c(=S)n([C@@H]2O[C@H](CO)[C@@H](O)[C@H]2O)cc1CCO. The van der Waals surface area contributed by atoms with Crippen LogP contribution in [0.4, 0.5) is 0 Å². The smallest absolute Gasteiger partial charge is 0.254 e.